The summed E-state index contributed by atoms with van der Waals surface area (Å²) in [5.41, 5.74) is 0.916. The van der Waals surface area contributed by atoms with Crippen LogP contribution >= 0.6 is 0 Å². The van der Waals surface area contributed by atoms with Crippen LogP contribution in [0, 0.1) is 0 Å². The number of epoxide rings is 1. The van der Waals surface area contributed by atoms with Crippen LogP contribution in [0.5, 0.6) is 0 Å². The molecule has 12 heavy (non-hydrogen) atoms. The molecule has 1 heterocycles. The third-order valence-electron chi connectivity index (χ3n) is 1.92. The maximum Gasteiger partial charge on any atom is 0.107 e. The van der Waals surface area contributed by atoms with Gasteiger partial charge < -0.3 is 14.9 Å². The first-order valence-corrected chi connectivity index (χ1v) is 3.81. The Morgan fingerprint density at radius 1 is 1.17 bits per heavy atom. The Kier molecular flexibility index (Phi) is 1.84. The minimum Gasteiger partial charge on any atom is -0.864 e. The van der Waals surface area contributed by atoms with Crippen molar-refractivity contribution >= 4 is 0 Å². The third-order valence-corrected chi connectivity index (χ3v) is 1.92. The molecule has 1 aliphatic heterocycles. The zero-order valence-corrected chi connectivity index (χ0v) is 6.34. The zero-order chi connectivity index (χ0) is 8.55. The number of ether oxygens (including phenoxy) is 1. The van der Waals surface area contributed by atoms with Crippen molar-refractivity contribution in [3.8, 4) is 0 Å². The maximum atomic E-state index is 10.4. The molecule has 0 N–H and O–H groups in total. The molecule has 0 amide bonds. The molecule has 0 unspecified atom stereocenters. The summed E-state index contributed by atoms with van der Waals surface area (Å²) in [5, 5.41) is 20.8. The summed E-state index contributed by atoms with van der Waals surface area (Å²) in [6.45, 7) is 0. The second-order valence-corrected chi connectivity index (χ2v) is 2.80. The monoisotopic (exact) mass is 164 g/mol. The number of hydrogen-bond acceptors (Lipinski definition) is 3. The molecule has 0 aliphatic carbocycles. The fourth-order valence-electron chi connectivity index (χ4n) is 1.24. The molecule has 1 fully saturated rings. The highest BCUT2D eigenvalue weighted by Crippen LogP contribution is 2.38. The molecular formula is C9H8O3-2. The Balaban J connectivity index is 2.06. The van der Waals surface area contributed by atoms with Gasteiger partial charge in [0.15, 0.2) is 0 Å². The van der Waals surface area contributed by atoms with Gasteiger partial charge >= 0.3 is 0 Å². The van der Waals surface area contributed by atoms with E-state index in [4.69, 9.17) is 4.74 Å². The first kappa shape index (κ1) is 7.73. The number of benzene rings is 1. The van der Waals surface area contributed by atoms with E-state index in [0.29, 0.717) is 0 Å². The first-order valence-electron chi connectivity index (χ1n) is 3.81. The predicted octanol–water partition coefficient (Wildman–Crippen LogP) is -0.827. The van der Waals surface area contributed by atoms with Gasteiger partial charge in [0.1, 0.15) is 6.10 Å². The lowest BCUT2D eigenvalue weighted by Gasteiger charge is -2.25. The van der Waals surface area contributed by atoms with E-state index in [2.05, 4.69) is 0 Å². The lowest BCUT2D eigenvalue weighted by atomic mass is 10.1. The summed E-state index contributed by atoms with van der Waals surface area (Å²) in [7, 11) is 0. The minimum atomic E-state index is -1.87. The Bertz CT molecular complexity index is 258. The van der Waals surface area contributed by atoms with Crippen LogP contribution in [0.15, 0.2) is 30.3 Å². The van der Waals surface area contributed by atoms with Gasteiger partial charge in [-0.05, 0) is 5.56 Å². The Labute approximate surface area is 70.2 Å². The molecule has 1 saturated heterocycles. The second kappa shape index (κ2) is 2.86. The van der Waals surface area contributed by atoms with Crippen LogP contribution in [-0.2, 0) is 4.74 Å². The molecule has 2 rings (SSSR count). The van der Waals surface area contributed by atoms with Crippen molar-refractivity contribution in [1.82, 2.24) is 0 Å². The summed E-state index contributed by atoms with van der Waals surface area (Å²) in [5.74, 6) is 0. The molecule has 0 bridgehead atoms. The maximum absolute atomic E-state index is 10.4. The zero-order valence-electron chi connectivity index (χ0n) is 6.34. The molecule has 1 aromatic carbocycles. The molecular weight excluding hydrogens is 156 g/mol. The van der Waals surface area contributed by atoms with Crippen LogP contribution in [-0.4, -0.2) is 12.4 Å². The van der Waals surface area contributed by atoms with Crippen molar-refractivity contribution in [3.63, 3.8) is 0 Å². The van der Waals surface area contributed by atoms with Gasteiger partial charge in [-0.3, -0.25) is 0 Å². The van der Waals surface area contributed by atoms with Crippen LogP contribution in [0.4, 0.5) is 0 Å². The van der Waals surface area contributed by atoms with E-state index in [1.54, 1.807) is 0 Å². The predicted molar refractivity (Wildman–Crippen MR) is 37.8 cm³/mol. The summed E-state index contributed by atoms with van der Waals surface area (Å²) >= 11 is 0. The van der Waals surface area contributed by atoms with E-state index in [9.17, 15) is 10.2 Å². The standard InChI is InChI=1S/C9H8O3/c10-9(11)8-7(12-8)6-4-2-1-3-5-6/h1-5,7-9H/q-2/t7-,8-/m0/s1. The Hall–Kier alpha value is -0.900. The Morgan fingerprint density at radius 2 is 1.83 bits per heavy atom. The van der Waals surface area contributed by atoms with Crippen molar-refractivity contribution in [2.45, 2.75) is 18.5 Å². The third kappa shape index (κ3) is 1.34. The van der Waals surface area contributed by atoms with Crippen molar-refractivity contribution < 1.29 is 14.9 Å². The van der Waals surface area contributed by atoms with Gasteiger partial charge in [0, 0.05) is 0 Å². The van der Waals surface area contributed by atoms with Gasteiger partial charge in [-0.2, -0.15) is 6.29 Å². The SMILES string of the molecule is [O-]C([O-])[C@H]1O[C@H]1c1ccccc1. The van der Waals surface area contributed by atoms with Crippen LogP contribution in [0.2, 0.25) is 0 Å². The second-order valence-electron chi connectivity index (χ2n) is 2.80. The van der Waals surface area contributed by atoms with Gasteiger partial charge in [0.2, 0.25) is 0 Å². The minimum absolute atomic E-state index is 0.258. The molecule has 0 spiro atoms. The van der Waals surface area contributed by atoms with E-state index in [1.807, 2.05) is 30.3 Å². The van der Waals surface area contributed by atoms with E-state index in [0.717, 1.165) is 5.56 Å². The quantitative estimate of drug-likeness (QED) is 0.423. The summed E-state index contributed by atoms with van der Waals surface area (Å²) in [6.07, 6.45) is -2.78. The van der Waals surface area contributed by atoms with Gasteiger partial charge in [-0.25, -0.2) is 0 Å². The molecule has 1 aliphatic rings. The lowest BCUT2D eigenvalue weighted by molar-refractivity contribution is -0.660. The summed E-state index contributed by atoms with van der Waals surface area (Å²) in [4.78, 5) is 0. The van der Waals surface area contributed by atoms with E-state index in [-0.39, 0.29) is 6.10 Å². The van der Waals surface area contributed by atoms with Crippen LogP contribution in [0.1, 0.15) is 11.7 Å². The molecule has 3 heteroatoms. The fraction of sp³-hybridized carbons (Fsp3) is 0.333. The number of hydrogen-bond donors (Lipinski definition) is 0. The van der Waals surface area contributed by atoms with Crippen molar-refractivity contribution in [2.75, 3.05) is 0 Å². The normalized spacial score (nSPS) is 27.6. The highest BCUT2D eigenvalue weighted by Gasteiger charge is 2.37. The van der Waals surface area contributed by atoms with Crippen LogP contribution in [0.3, 0.4) is 0 Å². The van der Waals surface area contributed by atoms with Crippen molar-refractivity contribution in [1.29, 1.82) is 0 Å². The van der Waals surface area contributed by atoms with Crippen LogP contribution in [0.25, 0.3) is 0 Å². The van der Waals surface area contributed by atoms with Gasteiger partial charge in [-0.1, -0.05) is 30.3 Å². The molecule has 0 aromatic heterocycles. The fourth-order valence-corrected chi connectivity index (χ4v) is 1.24. The first-order chi connectivity index (χ1) is 5.79. The van der Waals surface area contributed by atoms with Gasteiger partial charge in [0.05, 0.1) is 6.10 Å². The highest BCUT2D eigenvalue weighted by atomic mass is 16.6. The van der Waals surface area contributed by atoms with Crippen molar-refractivity contribution in [2.24, 2.45) is 0 Å². The summed E-state index contributed by atoms with van der Waals surface area (Å²) < 4.78 is 4.94. The van der Waals surface area contributed by atoms with E-state index < -0.39 is 12.4 Å². The molecule has 3 nitrogen and oxygen atoms in total. The lowest BCUT2D eigenvalue weighted by Crippen LogP contribution is -2.43. The number of rotatable bonds is 2. The summed E-state index contributed by atoms with van der Waals surface area (Å²) in [6, 6.07) is 9.31. The topological polar surface area (TPSA) is 58.6 Å². The molecule has 2 atom stereocenters. The van der Waals surface area contributed by atoms with E-state index >= 15 is 0 Å². The van der Waals surface area contributed by atoms with Gasteiger partial charge in [0.25, 0.3) is 0 Å². The average molecular weight is 164 g/mol. The molecule has 0 radical (unpaired) electrons. The molecule has 0 saturated carbocycles. The largest absolute Gasteiger partial charge is 0.864 e. The molecule has 1 aromatic rings. The highest BCUT2D eigenvalue weighted by molar-refractivity contribution is 5.22. The smallest absolute Gasteiger partial charge is 0.107 e. The Morgan fingerprint density at radius 3 is 2.33 bits per heavy atom. The van der Waals surface area contributed by atoms with E-state index in [1.165, 1.54) is 0 Å². The molecule has 64 valence electrons. The van der Waals surface area contributed by atoms with Crippen molar-refractivity contribution in [3.05, 3.63) is 35.9 Å². The average Bonchev–Trinajstić information content (AvgIpc) is 2.84. The van der Waals surface area contributed by atoms with Gasteiger partial charge in [-0.15, -0.1) is 0 Å². The van der Waals surface area contributed by atoms with Crippen LogP contribution < -0.4 is 10.2 Å².